The number of likely N-dealkylation sites (tertiary alicyclic amines) is 1. The number of aliphatic hydroxyl groups is 1. The van der Waals surface area contributed by atoms with E-state index in [9.17, 15) is 9.90 Å². The largest absolute Gasteiger partial charge is 0.486 e. The zero-order chi connectivity index (χ0) is 20.8. The number of carbonyl (C=O) groups excluding carboxylic acids is 1. The highest BCUT2D eigenvalue weighted by atomic mass is 16.6. The van der Waals surface area contributed by atoms with Crippen LogP contribution in [0.1, 0.15) is 36.5 Å². The second kappa shape index (κ2) is 9.96. The minimum absolute atomic E-state index is 0.0420. The first-order valence-corrected chi connectivity index (χ1v) is 10.8. The summed E-state index contributed by atoms with van der Waals surface area (Å²) in [7, 11) is 0. The number of amides is 1. The Balaban J connectivity index is 1.43. The van der Waals surface area contributed by atoms with Gasteiger partial charge in [0.25, 0.3) is 0 Å². The van der Waals surface area contributed by atoms with Crippen LogP contribution in [0.4, 0.5) is 0 Å². The average Bonchev–Trinajstić information content (AvgIpc) is 3.30. The quantitative estimate of drug-likeness (QED) is 0.700. The number of aliphatic hydroxyl groups excluding tert-OH is 1. The molecule has 6 nitrogen and oxygen atoms in total. The second-order valence-electron chi connectivity index (χ2n) is 8.02. The summed E-state index contributed by atoms with van der Waals surface area (Å²) in [6.45, 7) is 3.67. The van der Waals surface area contributed by atoms with Gasteiger partial charge in [0.05, 0.1) is 6.04 Å². The van der Waals surface area contributed by atoms with Crippen molar-refractivity contribution >= 4 is 5.91 Å². The van der Waals surface area contributed by atoms with Gasteiger partial charge >= 0.3 is 0 Å². The van der Waals surface area contributed by atoms with E-state index in [-0.39, 0.29) is 11.9 Å². The summed E-state index contributed by atoms with van der Waals surface area (Å²) in [5.74, 6) is 1.30. The van der Waals surface area contributed by atoms with Gasteiger partial charge in [0.1, 0.15) is 19.3 Å². The maximum absolute atomic E-state index is 12.7. The Labute approximate surface area is 177 Å². The first-order valence-electron chi connectivity index (χ1n) is 10.8. The second-order valence-corrected chi connectivity index (χ2v) is 8.02. The van der Waals surface area contributed by atoms with Crippen molar-refractivity contribution in [3.8, 4) is 11.5 Å². The molecule has 0 radical (unpaired) electrons. The average molecular weight is 411 g/mol. The monoisotopic (exact) mass is 410 g/mol. The molecule has 0 aromatic heterocycles. The van der Waals surface area contributed by atoms with Crippen molar-refractivity contribution in [3.63, 3.8) is 0 Å². The number of rotatable bonds is 8. The molecule has 2 aromatic rings. The van der Waals surface area contributed by atoms with Gasteiger partial charge < -0.3 is 24.8 Å². The minimum atomic E-state index is -0.817. The molecule has 0 saturated carbocycles. The van der Waals surface area contributed by atoms with Crippen LogP contribution in [0.3, 0.4) is 0 Å². The van der Waals surface area contributed by atoms with Gasteiger partial charge in [0.2, 0.25) is 5.91 Å². The van der Waals surface area contributed by atoms with Crippen LogP contribution in [0.5, 0.6) is 11.5 Å². The van der Waals surface area contributed by atoms with E-state index in [1.165, 1.54) is 0 Å². The van der Waals surface area contributed by atoms with Crippen LogP contribution in [0.25, 0.3) is 0 Å². The van der Waals surface area contributed by atoms with E-state index < -0.39 is 6.10 Å². The Hall–Kier alpha value is -2.57. The SMILES string of the molecule is O=C(CCc1ccccc1)N[C@H](CN1CCCC1)[C@H](O)c1ccc2c(c1)OCCO2. The van der Waals surface area contributed by atoms with E-state index in [0.717, 1.165) is 37.1 Å². The van der Waals surface area contributed by atoms with Gasteiger partial charge in [-0.3, -0.25) is 4.79 Å². The van der Waals surface area contributed by atoms with Gasteiger partial charge in [-0.2, -0.15) is 0 Å². The third-order valence-electron chi connectivity index (χ3n) is 5.77. The first kappa shape index (κ1) is 20.7. The number of benzene rings is 2. The van der Waals surface area contributed by atoms with Crippen molar-refractivity contribution in [2.45, 2.75) is 37.8 Å². The number of nitrogens with one attached hydrogen (secondary N) is 1. The van der Waals surface area contributed by atoms with Crippen LogP contribution in [-0.4, -0.2) is 54.8 Å². The van der Waals surface area contributed by atoms with Crippen molar-refractivity contribution < 1.29 is 19.4 Å². The fourth-order valence-electron chi connectivity index (χ4n) is 4.13. The predicted molar refractivity (Wildman–Crippen MR) is 115 cm³/mol. The molecule has 0 aliphatic carbocycles. The molecule has 2 N–H and O–H groups in total. The molecule has 2 aliphatic rings. The van der Waals surface area contributed by atoms with Crippen LogP contribution >= 0.6 is 0 Å². The summed E-state index contributed by atoms with van der Waals surface area (Å²) in [6.07, 6.45) is 2.59. The van der Waals surface area contributed by atoms with Gasteiger partial charge in [-0.25, -0.2) is 0 Å². The van der Waals surface area contributed by atoms with Crippen molar-refractivity contribution in [2.75, 3.05) is 32.8 Å². The molecular formula is C24H30N2O4. The van der Waals surface area contributed by atoms with Crippen LogP contribution in [0.15, 0.2) is 48.5 Å². The maximum atomic E-state index is 12.7. The molecule has 2 heterocycles. The number of ether oxygens (including phenoxy) is 2. The first-order chi connectivity index (χ1) is 14.7. The van der Waals surface area contributed by atoms with Gasteiger partial charge in [-0.1, -0.05) is 36.4 Å². The van der Waals surface area contributed by atoms with E-state index in [0.29, 0.717) is 44.1 Å². The molecule has 30 heavy (non-hydrogen) atoms. The summed E-state index contributed by atoms with van der Waals surface area (Å²) in [5, 5.41) is 14.2. The van der Waals surface area contributed by atoms with Gasteiger partial charge in [-0.05, 0) is 55.6 Å². The van der Waals surface area contributed by atoms with Crippen molar-refractivity contribution in [3.05, 3.63) is 59.7 Å². The Morgan fingerprint density at radius 1 is 1.03 bits per heavy atom. The van der Waals surface area contributed by atoms with Crippen molar-refractivity contribution in [1.82, 2.24) is 10.2 Å². The molecule has 0 bridgehead atoms. The lowest BCUT2D eigenvalue weighted by Crippen LogP contribution is -2.46. The molecule has 0 unspecified atom stereocenters. The van der Waals surface area contributed by atoms with Gasteiger partial charge in [0, 0.05) is 13.0 Å². The number of hydrogen-bond acceptors (Lipinski definition) is 5. The number of hydrogen-bond donors (Lipinski definition) is 2. The summed E-state index contributed by atoms with van der Waals surface area (Å²) in [5.41, 5.74) is 1.86. The molecule has 2 aromatic carbocycles. The molecular weight excluding hydrogens is 380 g/mol. The van der Waals surface area contributed by atoms with Crippen LogP contribution in [-0.2, 0) is 11.2 Å². The molecule has 2 atom stereocenters. The smallest absolute Gasteiger partial charge is 0.220 e. The number of fused-ring (bicyclic) bond motifs is 1. The lowest BCUT2D eigenvalue weighted by molar-refractivity contribution is -0.122. The Morgan fingerprint density at radius 3 is 2.53 bits per heavy atom. The predicted octanol–water partition coefficient (Wildman–Crippen LogP) is 2.70. The normalized spacial score (nSPS) is 18.0. The highest BCUT2D eigenvalue weighted by Gasteiger charge is 2.27. The van der Waals surface area contributed by atoms with E-state index in [1.807, 2.05) is 48.5 Å². The lowest BCUT2D eigenvalue weighted by atomic mass is 10.0. The van der Waals surface area contributed by atoms with E-state index >= 15 is 0 Å². The minimum Gasteiger partial charge on any atom is -0.486 e. The van der Waals surface area contributed by atoms with Crippen LogP contribution in [0.2, 0.25) is 0 Å². The van der Waals surface area contributed by atoms with Crippen LogP contribution in [0, 0.1) is 0 Å². The third-order valence-corrected chi connectivity index (χ3v) is 5.77. The molecule has 0 spiro atoms. The molecule has 4 rings (SSSR count). The van der Waals surface area contributed by atoms with Crippen molar-refractivity contribution in [2.24, 2.45) is 0 Å². The van der Waals surface area contributed by atoms with Gasteiger partial charge in [-0.15, -0.1) is 0 Å². The molecule has 6 heteroatoms. The van der Waals surface area contributed by atoms with E-state index in [1.54, 1.807) is 0 Å². The zero-order valence-corrected chi connectivity index (χ0v) is 17.3. The Kier molecular flexibility index (Phi) is 6.87. The zero-order valence-electron chi connectivity index (χ0n) is 17.3. The molecule has 160 valence electrons. The van der Waals surface area contributed by atoms with E-state index in [4.69, 9.17) is 9.47 Å². The number of aryl methyl sites for hydroxylation is 1. The summed E-state index contributed by atoms with van der Waals surface area (Å²) < 4.78 is 11.2. The fraction of sp³-hybridized carbons (Fsp3) is 0.458. The fourth-order valence-corrected chi connectivity index (χ4v) is 4.13. The van der Waals surface area contributed by atoms with E-state index in [2.05, 4.69) is 10.2 Å². The Morgan fingerprint density at radius 2 is 1.77 bits per heavy atom. The van der Waals surface area contributed by atoms with Crippen LogP contribution < -0.4 is 14.8 Å². The summed E-state index contributed by atoms with van der Waals surface area (Å²) in [4.78, 5) is 15.0. The highest BCUT2D eigenvalue weighted by molar-refractivity contribution is 5.76. The molecule has 2 aliphatic heterocycles. The molecule has 1 amide bonds. The lowest BCUT2D eigenvalue weighted by Gasteiger charge is -2.29. The highest BCUT2D eigenvalue weighted by Crippen LogP contribution is 2.33. The molecule has 1 fully saturated rings. The van der Waals surface area contributed by atoms with Crippen molar-refractivity contribution in [1.29, 1.82) is 0 Å². The number of carbonyl (C=O) groups is 1. The Bertz CT molecular complexity index is 836. The molecule has 1 saturated heterocycles. The topological polar surface area (TPSA) is 71.0 Å². The third kappa shape index (κ3) is 5.32. The summed E-state index contributed by atoms with van der Waals surface area (Å²) in [6, 6.07) is 15.1. The standard InChI is InChI=1S/C24H30N2O4/c27-23(11-8-18-6-2-1-3-7-18)25-20(17-26-12-4-5-13-26)24(28)19-9-10-21-22(16-19)30-15-14-29-21/h1-3,6-7,9-10,16,20,24,28H,4-5,8,11-15,17H2,(H,25,27)/t20-,24-/m1/s1. The number of nitrogens with zero attached hydrogens (tertiary/aromatic N) is 1. The maximum Gasteiger partial charge on any atom is 0.220 e. The summed E-state index contributed by atoms with van der Waals surface area (Å²) >= 11 is 0. The van der Waals surface area contributed by atoms with Gasteiger partial charge in [0.15, 0.2) is 11.5 Å².